The number of carbonyl (C=O) groups is 2. The zero-order valence-corrected chi connectivity index (χ0v) is 28.3. The van der Waals surface area contributed by atoms with Gasteiger partial charge in [-0.15, -0.1) is 11.3 Å². The van der Waals surface area contributed by atoms with Crippen LogP contribution in [0.4, 0.5) is 29.6 Å². The molecule has 0 aliphatic carbocycles. The van der Waals surface area contributed by atoms with E-state index in [0.717, 1.165) is 42.9 Å². The smallest absolute Gasteiger partial charge is 0.434 e. The third-order valence-corrected chi connectivity index (χ3v) is 9.71. The van der Waals surface area contributed by atoms with E-state index in [0.29, 0.717) is 50.5 Å². The molecule has 0 spiro atoms. The SMILES string of the molecule is CCNC(=O)Nc1cc(-c2nc(C(F)(F)F)cs2)c(-c2cc3c(=O)c(C(=O)O)cn(CCN4CCN(C)CC4)c3nc2N2CCC(N)C2)cn1. The van der Waals surface area contributed by atoms with Crippen LogP contribution >= 0.6 is 11.3 Å². The Kier molecular flexibility index (Phi) is 10.1. The number of urea groups is 1. The van der Waals surface area contributed by atoms with Gasteiger partial charge in [-0.3, -0.25) is 15.0 Å². The predicted molar refractivity (Wildman–Crippen MR) is 184 cm³/mol. The molecular weight excluding hydrogens is 677 g/mol. The number of carbonyl (C=O) groups excluding carboxylic acids is 1. The number of aromatic nitrogens is 4. The van der Waals surface area contributed by atoms with Crippen molar-refractivity contribution in [2.75, 3.05) is 69.6 Å². The molecule has 6 heterocycles. The molecule has 0 saturated carbocycles. The molecule has 266 valence electrons. The largest absolute Gasteiger partial charge is 0.477 e. The normalized spacial score (nSPS) is 17.4. The van der Waals surface area contributed by atoms with Crippen molar-refractivity contribution in [2.45, 2.75) is 32.1 Å². The highest BCUT2D eigenvalue weighted by Gasteiger charge is 2.35. The molecule has 0 aromatic carbocycles. The van der Waals surface area contributed by atoms with E-state index < -0.39 is 34.9 Å². The molecule has 2 amide bonds. The van der Waals surface area contributed by atoms with Gasteiger partial charge < -0.3 is 30.5 Å². The number of nitrogens with zero attached hydrogens (tertiary/aromatic N) is 7. The van der Waals surface area contributed by atoms with Crippen LogP contribution in [0.15, 0.2) is 34.7 Å². The number of carboxylic acids is 1. The van der Waals surface area contributed by atoms with Crippen molar-refractivity contribution >= 4 is 46.0 Å². The lowest BCUT2D eigenvalue weighted by Gasteiger charge is -2.32. The monoisotopic (exact) mass is 714 g/mol. The van der Waals surface area contributed by atoms with Crippen molar-refractivity contribution in [3.63, 3.8) is 0 Å². The molecule has 2 aliphatic heterocycles. The summed E-state index contributed by atoms with van der Waals surface area (Å²) in [5, 5.41) is 16.1. The van der Waals surface area contributed by atoms with Crippen LogP contribution < -0.4 is 26.7 Å². The Hall–Kier alpha value is -4.65. The zero-order chi connectivity index (χ0) is 35.7. The van der Waals surface area contributed by atoms with Crippen LogP contribution in [0.25, 0.3) is 32.7 Å². The van der Waals surface area contributed by atoms with Gasteiger partial charge in [0.05, 0.1) is 5.39 Å². The van der Waals surface area contributed by atoms with Gasteiger partial charge in [-0.2, -0.15) is 13.2 Å². The second kappa shape index (κ2) is 14.3. The minimum Gasteiger partial charge on any atom is -0.477 e. The van der Waals surface area contributed by atoms with E-state index in [1.807, 2.05) is 4.90 Å². The summed E-state index contributed by atoms with van der Waals surface area (Å²) in [6.45, 7) is 7.40. The Morgan fingerprint density at radius 2 is 1.84 bits per heavy atom. The number of fused-ring (bicyclic) bond motifs is 1. The molecule has 4 aromatic heterocycles. The van der Waals surface area contributed by atoms with Crippen LogP contribution in [-0.2, 0) is 12.7 Å². The number of amides is 2. The summed E-state index contributed by atoms with van der Waals surface area (Å²) in [4.78, 5) is 58.1. The van der Waals surface area contributed by atoms with Crippen molar-refractivity contribution in [2.24, 2.45) is 5.73 Å². The number of nitrogens with one attached hydrogen (secondary N) is 2. The molecule has 2 saturated heterocycles. The number of rotatable bonds is 9. The number of pyridine rings is 3. The standard InChI is InChI=1S/C32H37F3N10O4S/c1-3-37-31(49)40-25-13-20(29-39-24(17-50-29)32(33,34)35)22(14-38-25)19-12-21-26(46)23(30(47)48)16-45(11-10-43-8-6-42(2)7-9-43)28(21)41-27(19)44-5-4-18(36)15-44/h12-14,16-18H,3-11,15,36H2,1-2H3,(H,47,48)(H2,37,38,40,49). The molecule has 0 bridgehead atoms. The van der Waals surface area contributed by atoms with Crippen molar-refractivity contribution in [3.8, 4) is 21.7 Å². The Labute approximate surface area is 288 Å². The Morgan fingerprint density at radius 3 is 2.48 bits per heavy atom. The van der Waals surface area contributed by atoms with E-state index >= 15 is 0 Å². The summed E-state index contributed by atoms with van der Waals surface area (Å²) in [5.74, 6) is -0.940. The quantitative estimate of drug-likeness (QED) is 0.200. The molecule has 1 atom stereocenters. The Morgan fingerprint density at radius 1 is 1.08 bits per heavy atom. The van der Waals surface area contributed by atoms with Gasteiger partial charge in [0.1, 0.15) is 27.9 Å². The number of hydrogen-bond donors (Lipinski definition) is 4. The fourth-order valence-electron chi connectivity index (χ4n) is 6.13. The fourth-order valence-corrected chi connectivity index (χ4v) is 6.98. The lowest BCUT2D eigenvalue weighted by molar-refractivity contribution is -0.140. The first kappa shape index (κ1) is 35.2. The highest BCUT2D eigenvalue weighted by atomic mass is 32.1. The molecule has 6 rings (SSSR count). The van der Waals surface area contributed by atoms with E-state index in [4.69, 9.17) is 10.7 Å². The average molecular weight is 715 g/mol. The first-order valence-electron chi connectivity index (χ1n) is 16.1. The van der Waals surface area contributed by atoms with E-state index in [1.165, 1.54) is 24.5 Å². The maximum Gasteiger partial charge on any atom is 0.434 e. The predicted octanol–water partition coefficient (Wildman–Crippen LogP) is 3.23. The van der Waals surface area contributed by atoms with E-state index in [9.17, 15) is 32.7 Å². The fraction of sp³-hybridized carbons (Fsp3) is 0.438. The van der Waals surface area contributed by atoms with Gasteiger partial charge in [0.25, 0.3) is 0 Å². The summed E-state index contributed by atoms with van der Waals surface area (Å²) in [6.07, 6.45) is -1.36. The number of piperazine rings is 1. The van der Waals surface area contributed by atoms with Gasteiger partial charge in [-0.25, -0.2) is 24.5 Å². The number of anilines is 2. The molecule has 1 unspecified atom stereocenters. The molecule has 2 fully saturated rings. The van der Waals surface area contributed by atoms with Gasteiger partial charge in [0.15, 0.2) is 5.69 Å². The molecule has 4 aromatic rings. The van der Waals surface area contributed by atoms with Crippen molar-refractivity contribution in [3.05, 3.63) is 51.4 Å². The summed E-state index contributed by atoms with van der Waals surface area (Å²) >= 11 is 0.758. The molecule has 5 N–H and O–H groups in total. The van der Waals surface area contributed by atoms with Crippen LogP contribution in [0.5, 0.6) is 0 Å². The van der Waals surface area contributed by atoms with Gasteiger partial charge in [0.2, 0.25) is 5.43 Å². The van der Waals surface area contributed by atoms with Gasteiger partial charge in [-0.05, 0) is 32.5 Å². The Bertz CT molecular complexity index is 1980. The van der Waals surface area contributed by atoms with Gasteiger partial charge in [-0.1, -0.05) is 0 Å². The highest BCUT2D eigenvalue weighted by molar-refractivity contribution is 7.13. The van der Waals surface area contributed by atoms with Crippen molar-refractivity contribution in [1.29, 1.82) is 0 Å². The van der Waals surface area contributed by atoms with E-state index in [1.54, 1.807) is 11.5 Å². The number of thiazole rings is 1. The first-order valence-corrected chi connectivity index (χ1v) is 17.0. The lowest BCUT2D eigenvalue weighted by Crippen LogP contribution is -2.45. The third-order valence-electron chi connectivity index (χ3n) is 8.83. The molecular formula is C32H37F3N10O4S. The summed E-state index contributed by atoms with van der Waals surface area (Å²) in [6, 6.07) is 2.20. The number of carboxylic acid groups (broad SMARTS) is 1. The number of hydrogen-bond acceptors (Lipinski definition) is 11. The van der Waals surface area contributed by atoms with Gasteiger partial charge in [0, 0.05) is 99.4 Å². The minimum absolute atomic E-state index is 0.0123. The number of halogens is 3. The van der Waals surface area contributed by atoms with Gasteiger partial charge >= 0.3 is 18.2 Å². The first-order chi connectivity index (χ1) is 23.8. The van der Waals surface area contributed by atoms with Crippen LogP contribution in [0, 0.1) is 0 Å². The van der Waals surface area contributed by atoms with Crippen molar-refractivity contribution < 1.29 is 27.9 Å². The van der Waals surface area contributed by atoms with E-state index in [-0.39, 0.29) is 39.0 Å². The van der Waals surface area contributed by atoms with E-state index in [2.05, 4.69) is 37.4 Å². The lowest BCUT2D eigenvalue weighted by atomic mass is 10.00. The zero-order valence-electron chi connectivity index (χ0n) is 27.5. The topological polar surface area (TPSA) is 175 Å². The third kappa shape index (κ3) is 7.42. The molecule has 2 aliphatic rings. The minimum atomic E-state index is -4.70. The Balaban J connectivity index is 1.55. The van der Waals surface area contributed by atoms with Crippen LogP contribution in [-0.4, -0.2) is 112 Å². The summed E-state index contributed by atoms with van der Waals surface area (Å²) in [5.41, 5.74) is 5.09. The number of likely N-dealkylation sites (N-methyl/N-ethyl adjacent to an activating group) is 1. The second-order valence-corrected chi connectivity index (χ2v) is 13.2. The second-order valence-electron chi connectivity index (χ2n) is 12.4. The van der Waals surface area contributed by atoms with Crippen LogP contribution in [0.3, 0.4) is 0 Å². The molecule has 50 heavy (non-hydrogen) atoms. The number of alkyl halides is 3. The maximum atomic E-state index is 13.7. The molecule has 0 radical (unpaired) electrons. The number of nitrogens with two attached hydrogens (primary N) is 1. The molecule has 14 nitrogen and oxygen atoms in total. The summed E-state index contributed by atoms with van der Waals surface area (Å²) < 4.78 is 42.7. The van der Waals surface area contributed by atoms with Crippen LogP contribution in [0.2, 0.25) is 0 Å². The number of aromatic carboxylic acids is 1. The maximum absolute atomic E-state index is 13.7. The average Bonchev–Trinajstić information content (AvgIpc) is 3.75. The van der Waals surface area contributed by atoms with Crippen molar-refractivity contribution in [1.82, 2.24) is 34.6 Å². The summed E-state index contributed by atoms with van der Waals surface area (Å²) in [7, 11) is 2.05. The highest BCUT2D eigenvalue weighted by Crippen LogP contribution is 2.42. The molecule has 18 heteroatoms. The van der Waals surface area contributed by atoms with Crippen LogP contribution in [0.1, 0.15) is 29.4 Å².